The van der Waals surface area contributed by atoms with Gasteiger partial charge in [0.15, 0.2) is 5.84 Å². The Morgan fingerprint density at radius 1 is 1.71 bits per heavy atom. The van der Waals surface area contributed by atoms with Gasteiger partial charge in [0.25, 0.3) is 0 Å². The number of nitrogens with zero attached hydrogens (tertiary/aromatic N) is 2. The molecule has 6 heteroatoms. The molecule has 0 amide bonds. The molecule has 1 atom stereocenters. The number of hydrogen-bond donors (Lipinski definition) is 2. The molecule has 1 saturated heterocycles. The maximum absolute atomic E-state index is 8.65. The monoisotopic (exact) mass is 237 g/mol. The second kappa shape index (κ2) is 5.49. The number of pyridine rings is 1. The minimum absolute atomic E-state index is 0.00902. The van der Waals surface area contributed by atoms with Crippen LogP contribution in [0.25, 0.3) is 0 Å². The van der Waals surface area contributed by atoms with Crippen LogP contribution in [0.1, 0.15) is 18.4 Å². The van der Waals surface area contributed by atoms with E-state index in [4.69, 9.17) is 20.4 Å². The van der Waals surface area contributed by atoms with Gasteiger partial charge in [0.2, 0.25) is 0 Å². The van der Waals surface area contributed by atoms with E-state index in [9.17, 15) is 0 Å². The zero-order chi connectivity index (χ0) is 12.1. The van der Waals surface area contributed by atoms with E-state index in [0.29, 0.717) is 17.9 Å². The van der Waals surface area contributed by atoms with Crippen molar-refractivity contribution in [3.8, 4) is 5.75 Å². The summed E-state index contributed by atoms with van der Waals surface area (Å²) in [6, 6.07) is 1.64. The number of rotatable bonds is 4. The van der Waals surface area contributed by atoms with Gasteiger partial charge < -0.3 is 20.4 Å². The summed E-state index contributed by atoms with van der Waals surface area (Å²) in [5, 5.41) is 11.6. The average molecular weight is 237 g/mol. The fourth-order valence-electron chi connectivity index (χ4n) is 1.72. The normalized spacial score (nSPS) is 20.5. The highest BCUT2D eigenvalue weighted by atomic mass is 16.5. The third-order valence-corrected chi connectivity index (χ3v) is 2.62. The summed E-state index contributed by atoms with van der Waals surface area (Å²) in [6.45, 7) is 1.24. The molecule has 6 nitrogen and oxygen atoms in total. The molecule has 0 bridgehead atoms. The molecule has 0 aliphatic carbocycles. The molecule has 3 N–H and O–H groups in total. The van der Waals surface area contributed by atoms with Gasteiger partial charge in [-0.1, -0.05) is 5.16 Å². The molecule has 1 aliphatic heterocycles. The first-order valence-corrected chi connectivity index (χ1v) is 5.47. The lowest BCUT2D eigenvalue weighted by molar-refractivity contribution is 0.0677. The summed E-state index contributed by atoms with van der Waals surface area (Å²) in [5.74, 6) is 0.507. The van der Waals surface area contributed by atoms with E-state index in [1.807, 2.05) is 0 Å². The maximum atomic E-state index is 8.65. The second-order valence-corrected chi connectivity index (χ2v) is 3.80. The van der Waals surface area contributed by atoms with Gasteiger partial charge in [-0.3, -0.25) is 4.98 Å². The van der Waals surface area contributed by atoms with Gasteiger partial charge in [0.05, 0.1) is 17.9 Å². The number of aromatic nitrogens is 1. The summed E-state index contributed by atoms with van der Waals surface area (Å²) >= 11 is 0. The van der Waals surface area contributed by atoms with Crippen LogP contribution in [0.3, 0.4) is 0 Å². The number of amidine groups is 1. The van der Waals surface area contributed by atoms with Crippen LogP contribution in [0.15, 0.2) is 23.6 Å². The molecule has 92 valence electrons. The first-order valence-electron chi connectivity index (χ1n) is 5.47. The van der Waals surface area contributed by atoms with Crippen molar-refractivity contribution < 1.29 is 14.7 Å². The van der Waals surface area contributed by atoms with Gasteiger partial charge in [-0.2, -0.15) is 0 Å². The lowest BCUT2D eigenvalue weighted by Gasteiger charge is -2.13. The predicted molar refractivity (Wildman–Crippen MR) is 61.2 cm³/mol. The molecular formula is C11H15N3O3. The molecule has 0 saturated carbocycles. The van der Waals surface area contributed by atoms with Gasteiger partial charge in [-0.25, -0.2) is 0 Å². The van der Waals surface area contributed by atoms with Crippen LogP contribution in [-0.2, 0) is 4.74 Å². The van der Waals surface area contributed by atoms with Gasteiger partial charge in [0.1, 0.15) is 12.4 Å². The molecule has 2 heterocycles. The number of nitrogens with two attached hydrogens (primary N) is 1. The first kappa shape index (κ1) is 11.7. The van der Waals surface area contributed by atoms with Crippen LogP contribution >= 0.6 is 0 Å². The molecule has 0 aromatic carbocycles. The first-order chi connectivity index (χ1) is 8.31. The average Bonchev–Trinajstić information content (AvgIpc) is 2.89. The summed E-state index contributed by atoms with van der Waals surface area (Å²) < 4.78 is 11.0. The Morgan fingerprint density at radius 3 is 3.29 bits per heavy atom. The Balaban J connectivity index is 2.04. The van der Waals surface area contributed by atoms with Crippen molar-refractivity contribution in [1.82, 2.24) is 4.98 Å². The summed E-state index contributed by atoms with van der Waals surface area (Å²) in [4.78, 5) is 3.95. The summed E-state index contributed by atoms with van der Waals surface area (Å²) in [7, 11) is 0. The molecule has 0 spiro atoms. The van der Waals surface area contributed by atoms with Gasteiger partial charge in [0, 0.05) is 12.8 Å². The minimum Gasteiger partial charge on any atom is -0.488 e. The van der Waals surface area contributed by atoms with E-state index in [-0.39, 0.29) is 11.9 Å². The molecule has 1 aromatic heterocycles. The summed E-state index contributed by atoms with van der Waals surface area (Å²) in [6.07, 6.45) is 5.29. The van der Waals surface area contributed by atoms with Crippen LogP contribution < -0.4 is 10.5 Å². The third kappa shape index (κ3) is 2.85. The molecule has 2 rings (SSSR count). The Bertz CT molecular complexity index is 403. The van der Waals surface area contributed by atoms with Crippen LogP contribution in [0.5, 0.6) is 5.75 Å². The van der Waals surface area contributed by atoms with E-state index in [1.54, 1.807) is 18.5 Å². The molecule has 1 aliphatic rings. The quantitative estimate of drug-likeness (QED) is 0.349. The van der Waals surface area contributed by atoms with E-state index < -0.39 is 0 Å². The second-order valence-electron chi connectivity index (χ2n) is 3.80. The fraction of sp³-hybridized carbons (Fsp3) is 0.455. The van der Waals surface area contributed by atoms with E-state index in [1.165, 1.54) is 0 Å². The van der Waals surface area contributed by atoms with Crippen molar-refractivity contribution >= 4 is 5.84 Å². The van der Waals surface area contributed by atoms with Crippen molar-refractivity contribution in [2.45, 2.75) is 18.9 Å². The van der Waals surface area contributed by atoms with E-state index in [2.05, 4.69) is 10.1 Å². The largest absolute Gasteiger partial charge is 0.488 e. The third-order valence-electron chi connectivity index (χ3n) is 2.62. The number of oxime groups is 1. The highest BCUT2D eigenvalue weighted by Crippen LogP contribution is 2.18. The van der Waals surface area contributed by atoms with Crippen LogP contribution in [0.4, 0.5) is 0 Å². The molecular weight excluding hydrogens is 222 g/mol. The topological polar surface area (TPSA) is 90.0 Å². The standard InChI is InChI=1S/C11H15N3O3/c12-11(14-15)9-3-4-13-6-10(9)17-7-8-2-1-5-16-8/h3-4,6,8,15H,1-2,5,7H2,(H2,12,14). The van der Waals surface area contributed by atoms with Gasteiger partial charge in [-0.15, -0.1) is 0 Å². The van der Waals surface area contributed by atoms with E-state index >= 15 is 0 Å². The van der Waals surface area contributed by atoms with Crippen LogP contribution in [0, 0.1) is 0 Å². The fourth-order valence-corrected chi connectivity index (χ4v) is 1.72. The Labute approximate surface area is 99.0 Å². The van der Waals surface area contributed by atoms with Crippen LogP contribution in [-0.4, -0.2) is 35.3 Å². The van der Waals surface area contributed by atoms with Crippen molar-refractivity contribution in [3.05, 3.63) is 24.0 Å². The molecule has 1 fully saturated rings. The zero-order valence-corrected chi connectivity index (χ0v) is 9.37. The predicted octanol–water partition coefficient (Wildman–Crippen LogP) is 0.734. The minimum atomic E-state index is 0.00902. The molecule has 17 heavy (non-hydrogen) atoms. The zero-order valence-electron chi connectivity index (χ0n) is 9.37. The molecule has 1 unspecified atom stereocenters. The van der Waals surface area contributed by atoms with Crippen molar-refractivity contribution in [2.24, 2.45) is 10.9 Å². The Hall–Kier alpha value is -1.82. The Morgan fingerprint density at radius 2 is 2.59 bits per heavy atom. The molecule has 0 radical (unpaired) electrons. The molecule has 1 aromatic rings. The highest BCUT2D eigenvalue weighted by molar-refractivity contribution is 5.99. The number of hydrogen-bond acceptors (Lipinski definition) is 5. The smallest absolute Gasteiger partial charge is 0.173 e. The SMILES string of the molecule is N/C(=N/O)c1ccncc1OCC1CCCO1. The summed E-state index contributed by atoms with van der Waals surface area (Å²) in [5.41, 5.74) is 6.07. The van der Waals surface area contributed by atoms with Gasteiger partial charge >= 0.3 is 0 Å². The van der Waals surface area contributed by atoms with Crippen LogP contribution in [0.2, 0.25) is 0 Å². The van der Waals surface area contributed by atoms with E-state index in [0.717, 1.165) is 19.4 Å². The number of ether oxygens (including phenoxy) is 2. The lowest BCUT2D eigenvalue weighted by atomic mass is 10.2. The van der Waals surface area contributed by atoms with Crippen molar-refractivity contribution in [1.29, 1.82) is 0 Å². The lowest BCUT2D eigenvalue weighted by Crippen LogP contribution is -2.19. The maximum Gasteiger partial charge on any atom is 0.173 e. The van der Waals surface area contributed by atoms with Crippen molar-refractivity contribution in [3.63, 3.8) is 0 Å². The van der Waals surface area contributed by atoms with Gasteiger partial charge in [-0.05, 0) is 18.9 Å². The Kier molecular flexibility index (Phi) is 3.77. The van der Waals surface area contributed by atoms with Crippen molar-refractivity contribution in [2.75, 3.05) is 13.2 Å². The highest BCUT2D eigenvalue weighted by Gasteiger charge is 2.17.